The zero-order valence-corrected chi connectivity index (χ0v) is 15.4. The fourth-order valence-electron chi connectivity index (χ4n) is 3.61. The maximum Gasteiger partial charge on any atom is 0.308 e. The number of benzene rings is 2. The molecule has 0 saturated heterocycles. The lowest BCUT2D eigenvalue weighted by atomic mass is 9.69. The molecule has 0 unspecified atom stereocenters. The summed E-state index contributed by atoms with van der Waals surface area (Å²) in [5.41, 5.74) is 1.19. The minimum Gasteiger partial charge on any atom is -0.426 e. The Morgan fingerprint density at radius 3 is 2.30 bits per heavy atom. The van der Waals surface area contributed by atoms with E-state index in [0.29, 0.717) is 37.8 Å². The lowest BCUT2D eigenvalue weighted by Gasteiger charge is -2.37. The van der Waals surface area contributed by atoms with Crippen molar-refractivity contribution in [3.05, 3.63) is 65.7 Å². The average molecular weight is 365 g/mol. The molecule has 1 amide bonds. The standard InChI is InChI=1S/C22H23NO4/c1-16(24)27-20-10-6-5-9-19(20)21(26)23-15-22(13-11-18(25)12-14-22)17-7-3-2-4-8-17/h2-10H,11-15H2,1H3,(H,23,26). The van der Waals surface area contributed by atoms with Gasteiger partial charge in [0, 0.05) is 31.7 Å². The van der Waals surface area contributed by atoms with Crippen molar-refractivity contribution in [2.24, 2.45) is 0 Å². The molecule has 5 heteroatoms. The molecular weight excluding hydrogens is 342 g/mol. The van der Waals surface area contributed by atoms with Crippen LogP contribution in [0.5, 0.6) is 5.75 Å². The molecule has 1 aliphatic carbocycles. The Kier molecular flexibility index (Phi) is 5.69. The molecule has 0 atom stereocenters. The maximum absolute atomic E-state index is 12.8. The number of ether oxygens (including phenoxy) is 1. The molecule has 1 saturated carbocycles. The van der Waals surface area contributed by atoms with E-state index in [0.717, 1.165) is 5.56 Å². The summed E-state index contributed by atoms with van der Waals surface area (Å²) in [5, 5.41) is 2.99. The molecule has 0 spiro atoms. The van der Waals surface area contributed by atoms with Crippen LogP contribution in [0.4, 0.5) is 0 Å². The van der Waals surface area contributed by atoms with Crippen molar-refractivity contribution in [1.29, 1.82) is 0 Å². The van der Waals surface area contributed by atoms with Crippen LogP contribution in [-0.4, -0.2) is 24.2 Å². The zero-order valence-electron chi connectivity index (χ0n) is 15.4. The largest absolute Gasteiger partial charge is 0.426 e. The summed E-state index contributed by atoms with van der Waals surface area (Å²) >= 11 is 0. The summed E-state index contributed by atoms with van der Waals surface area (Å²) < 4.78 is 5.14. The highest BCUT2D eigenvalue weighted by Gasteiger charge is 2.36. The van der Waals surface area contributed by atoms with Gasteiger partial charge in [-0.15, -0.1) is 0 Å². The molecule has 1 aliphatic rings. The highest BCUT2D eigenvalue weighted by Crippen LogP contribution is 2.38. The van der Waals surface area contributed by atoms with Gasteiger partial charge in [0.25, 0.3) is 5.91 Å². The van der Waals surface area contributed by atoms with E-state index in [1.165, 1.54) is 6.92 Å². The minimum absolute atomic E-state index is 0.245. The predicted molar refractivity (Wildman–Crippen MR) is 102 cm³/mol. The van der Waals surface area contributed by atoms with E-state index in [-0.39, 0.29) is 22.9 Å². The van der Waals surface area contributed by atoms with Gasteiger partial charge in [0.2, 0.25) is 0 Å². The first-order valence-corrected chi connectivity index (χ1v) is 9.13. The number of para-hydroxylation sites is 1. The van der Waals surface area contributed by atoms with Crippen LogP contribution in [0, 0.1) is 0 Å². The van der Waals surface area contributed by atoms with Crippen LogP contribution in [0.1, 0.15) is 48.5 Å². The lowest BCUT2D eigenvalue weighted by Crippen LogP contribution is -2.43. The minimum atomic E-state index is -0.471. The molecule has 0 bridgehead atoms. The highest BCUT2D eigenvalue weighted by molar-refractivity contribution is 5.97. The first kappa shape index (κ1) is 18.8. The van der Waals surface area contributed by atoms with E-state index in [9.17, 15) is 14.4 Å². The summed E-state index contributed by atoms with van der Waals surface area (Å²) in [6, 6.07) is 16.7. The van der Waals surface area contributed by atoms with Crippen molar-refractivity contribution >= 4 is 17.7 Å². The monoisotopic (exact) mass is 365 g/mol. The number of hydrogen-bond acceptors (Lipinski definition) is 4. The summed E-state index contributed by atoms with van der Waals surface area (Å²) in [5.74, 6) is -0.246. The third-order valence-electron chi connectivity index (χ3n) is 5.12. The van der Waals surface area contributed by atoms with E-state index in [4.69, 9.17) is 4.74 Å². The third-order valence-corrected chi connectivity index (χ3v) is 5.12. The number of Topliss-reactive ketones (excluding diaryl/α,β-unsaturated/α-hetero) is 1. The Bertz CT molecular complexity index is 834. The molecule has 3 rings (SSSR count). The molecule has 140 valence electrons. The number of carbonyl (C=O) groups is 3. The molecule has 0 heterocycles. The molecule has 0 radical (unpaired) electrons. The van der Waals surface area contributed by atoms with Crippen molar-refractivity contribution < 1.29 is 19.1 Å². The summed E-state index contributed by atoms with van der Waals surface area (Å²) in [4.78, 5) is 35.8. The normalized spacial score (nSPS) is 15.8. The van der Waals surface area contributed by atoms with Gasteiger partial charge >= 0.3 is 5.97 Å². The Morgan fingerprint density at radius 1 is 1.00 bits per heavy atom. The van der Waals surface area contributed by atoms with Gasteiger partial charge in [-0.3, -0.25) is 14.4 Å². The van der Waals surface area contributed by atoms with Crippen molar-refractivity contribution in [1.82, 2.24) is 5.32 Å². The van der Waals surface area contributed by atoms with Crippen LogP contribution in [0.3, 0.4) is 0 Å². The number of amides is 1. The van der Waals surface area contributed by atoms with Gasteiger partial charge in [0.05, 0.1) is 5.56 Å². The Labute approximate surface area is 158 Å². The van der Waals surface area contributed by atoms with E-state index in [1.807, 2.05) is 18.2 Å². The Morgan fingerprint density at radius 2 is 1.63 bits per heavy atom. The van der Waals surface area contributed by atoms with Gasteiger partial charge in [-0.2, -0.15) is 0 Å². The predicted octanol–water partition coefficient (Wildman–Crippen LogP) is 3.42. The first-order valence-electron chi connectivity index (χ1n) is 9.13. The first-order chi connectivity index (χ1) is 13.0. The number of hydrogen-bond donors (Lipinski definition) is 1. The molecule has 0 aliphatic heterocycles. The molecule has 1 N–H and O–H groups in total. The fraction of sp³-hybridized carbons (Fsp3) is 0.318. The number of nitrogens with one attached hydrogen (secondary N) is 1. The molecule has 27 heavy (non-hydrogen) atoms. The summed E-state index contributed by atoms with van der Waals surface area (Å²) in [6.07, 6.45) is 2.47. The van der Waals surface area contributed by atoms with Crippen LogP contribution in [0.15, 0.2) is 54.6 Å². The van der Waals surface area contributed by atoms with E-state index in [2.05, 4.69) is 17.4 Å². The smallest absolute Gasteiger partial charge is 0.308 e. The van der Waals surface area contributed by atoms with Gasteiger partial charge in [-0.25, -0.2) is 0 Å². The molecule has 0 aromatic heterocycles. The Balaban J connectivity index is 1.79. The van der Waals surface area contributed by atoms with Crippen molar-refractivity contribution in [2.75, 3.05) is 6.54 Å². The van der Waals surface area contributed by atoms with E-state index < -0.39 is 5.97 Å². The van der Waals surface area contributed by atoms with E-state index >= 15 is 0 Å². The third kappa shape index (κ3) is 4.42. The molecule has 2 aromatic rings. The molecule has 1 fully saturated rings. The summed E-state index contributed by atoms with van der Waals surface area (Å²) in [6.45, 7) is 1.73. The number of rotatable bonds is 5. The zero-order chi connectivity index (χ0) is 19.3. The second kappa shape index (κ2) is 8.16. The average Bonchev–Trinajstić information content (AvgIpc) is 2.68. The number of ketones is 1. The van der Waals surface area contributed by atoms with E-state index in [1.54, 1.807) is 24.3 Å². The molecule has 2 aromatic carbocycles. The SMILES string of the molecule is CC(=O)Oc1ccccc1C(=O)NCC1(c2ccccc2)CCC(=O)CC1. The van der Waals surface area contributed by atoms with Crippen molar-refractivity contribution in [3.8, 4) is 5.75 Å². The van der Waals surface area contributed by atoms with Crippen LogP contribution in [0.2, 0.25) is 0 Å². The van der Waals surface area contributed by atoms with Crippen LogP contribution >= 0.6 is 0 Å². The second-order valence-corrected chi connectivity index (χ2v) is 6.96. The van der Waals surface area contributed by atoms with Crippen LogP contribution < -0.4 is 10.1 Å². The molecular formula is C22H23NO4. The van der Waals surface area contributed by atoms with Crippen LogP contribution in [0.25, 0.3) is 0 Å². The van der Waals surface area contributed by atoms with Crippen molar-refractivity contribution in [2.45, 2.75) is 38.0 Å². The second-order valence-electron chi connectivity index (χ2n) is 6.96. The van der Waals surface area contributed by atoms with Gasteiger partial charge in [0.1, 0.15) is 11.5 Å². The van der Waals surface area contributed by atoms with Gasteiger partial charge in [0.15, 0.2) is 0 Å². The van der Waals surface area contributed by atoms with Gasteiger partial charge in [-0.1, -0.05) is 42.5 Å². The molecule has 5 nitrogen and oxygen atoms in total. The Hall–Kier alpha value is -2.95. The topological polar surface area (TPSA) is 72.5 Å². The lowest BCUT2D eigenvalue weighted by molar-refractivity contribution is -0.131. The number of carbonyl (C=O) groups excluding carboxylic acids is 3. The maximum atomic E-state index is 12.8. The fourth-order valence-corrected chi connectivity index (χ4v) is 3.61. The number of esters is 1. The van der Waals surface area contributed by atoms with Crippen LogP contribution in [-0.2, 0) is 15.0 Å². The van der Waals surface area contributed by atoms with Crippen molar-refractivity contribution in [3.63, 3.8) is 0 Å². The summed E-state index contributed by atoms with van der Waals surface area (Å²) in [7, 11) is 0. The van der Waals surface area contributed by atoms with Gasteiger partial charge in [-0.05, 0) is 30.5 Å². The quantitative estimate of drug-likeness (QED) is 0.651. The van der Waals surface area contributed by atoms with Gasteiger partial charge < -0.3 is 10.1 Å². The highest BCUT2D eigenvalue weighted by atomic mass is 16.5.